The molecular formula is C21H24N4O5S. The fourth-order valence-corrected chi connectivity index (χ4v) is 4.82. The van der Waals surface area contributed by atoms with Crippen LogP contribution in [0.1, 0.15) is 40.0 Å². The Morgan fingerprint density at radius 3 is 2.39 bits per heavy atom. The van der Waals surface area contributed by atoms with Crippen molar-refractivity contribution < 1.29 is 22.8 Å². The van der Waals surface area contributed by atoms with Crippen LogP contribution in [0.5, 0.6) is 0 Å². The number of nitrogens with two attached hydrogens (primary N) is 1. The van der Waals surface area contributed by atoms with Gasteiger partial charge in [0, 0.05) is 31.6 Å². The van der Waals surface area contributed by atoms with Gasteiger partial charge < -0.3 is 16.4 Å². The second-order valence-electron chi connectivity index (χ2n) is 7.11. The molecule has 10 heteroatoms. The molecule has 2 aromatic carbocycles. The molecule has 0 aromatic heterocycles. The summed E-state index contributed by atoms with van der Waals surface area (Å²) in [4.78, 5) is 36.1. The standard InChI is InChI=1S/C21H24N4O5S/c22-19(26)10-11-23-21(28)17-8-1-2-9-18(17)24-20(27)15-6-5-7-16(14-15)31(29,30)25-12-3-4-13-25/h1-2,5-9,14H,3-4,10-13H2,(H2,22,26)(H,23,28)(H,24,27). The van der Waals surface area contributed by atoms with E-state index in [0.29, 0.717) is 13.1 Å². The van der Waals surface area contributed by atoms with E-state index in [-0.39, 0.29) is 34.7 Å². The predicted molar refractivity (Wildman–Crippen MR) is 115 cm³/mol. The topological polar surface area (TPSA) is 139 Å². The Labute approximate surface area is 180 Å². The van der Waals surface area contributed by atoms with Crippen molar-refractivity contribution in [2.24, 2.45) is 5.73 Å². The Kier molecular flexibility index (Phi) is 7.03. The van der Waals surface area contributed by atoms with E-state index < -0.39 is 27.7 Å². The minimum absolute atomic E-state index is 0.00144. The van der Waals surface area contributed by atoms with Crippen LogP contribution >= 0.6 is 0 Å². The average Bonchev–Trinajstić information content (AvgIpc) is 3.30. The van der Waals surface area contributed by atoms with E-state index in [1.54, 1.807) is 18.2 Å². The number of hydrogen-bond donors (Lipinski definition) is 3. The first-order valence-electron chi connectivity index (χ1n) is 9.86. The van der Waals surface area contributed by atoms with Gasteiger partial charge in [-0.05, 0) is 43.2 Å². The number of nitrogens with zero attached hydrogens (tertiary/aromatic N) is 1. The van der Waals surface area contributed by atoms with Crippen LogP contribution in [0.2, 0.25) is 0 Å². The van der Waals surface area contributed by atoms with Crippen molar-refractivity contribution in [3.63, 3.8) is 0 Å². The van der Waals surface area contributed by atoms with E-state index in [1.165, 1.54) is 34.6 Å². The van der Waals surface area contributed by atoms with Crippen LogP contribution < -0.4 is 16.4 Å². The van der Waals surface area contributed by atoms with Crippen LogP contribution in [0.15, 0.2) is 53.4 Å². The van der Waals surface area contributed by atoms with Gasteiger partial charge in [-0.15, -0.1) is 0 Å². The molecule has 0 spiro atoms. The van der Waals surface area contributed by atoms with E-state index in [1.807, 2.05) is 0 Å². The number of anilines is 1. The summed E-state index contributed by atoms with van der Waals surface area (Å²) in [6, 6.07) is 12.2. The minimum Gasteiger partial charge on any atom is -0.370 e. The lowest BCUT2D eigenvalue weighted by Crippen LogP contribution is -2.29. The molecule has 1 saturated heterocycles. The van der Waals surface area contributed by atoms with Gasteiger partial charge in [0.25, 0.3) is 11.8 Å². The Morgan fingerprint density at radius 1 is 0.968 bits per heavy atom. The first-order chi connectivity index (χ1) is 14.8. The van der Waals surface area contributed by atoms with Gasteiger partial charge >= 0.3 is 0 Å². The average molecular weight is 445 g/mol. The molecule has 0 aliphatic carbocycles. The van der Waals surface area contributed by atoms with Crippen molar-refractivity contribution in [2.45, 2.75) is 24.2 Å². The maximum atomic E-state index is 12.8. The third kappa shape index (κ3) is 5.47. The normalized spacial score (nSPS) is 14.2. The Balaban J connectivity index is 1.77. The number of benzene rings is 2. The quantitative estimate of drug-likeness (QED) is 0.564. The molecule has 164 valence electrons. The first kappa shape index (κ1) is 22.4. The lowest BCUT2D eigenvalue weighted by molar-refractivity contribution is -0.117. The molecule has 3 rings (SSSR count). The van der Waals surface area contributed by atoms with Crippen molar-refractivity contribution in [1.29, 1.82) is 0 Å². The fourth-order valence-electron chi connectivity index (χ4n) is 3.25. The van der Waals surface area contributed by atoms with E-state index in [0.717, 1.165) is 12.8 Å². The summed E-state index contributed by atoms with van der Waals surface area (Å²) in [5, 5.41) is 5.22. The Bertz CT molecular complexity index is 1090. The lowest BCUT2D eigenvalue weighted by atomic mass is 10.1. The van der Waals surface area contributed by atoms with Crippen LogP contribution in [0, 0.1) is 0 Å². The maximum absolute atomic E-state index is 12.8. The van der Waals surface area contributed by atoms with Gasteiger partial charge in [0.1, 0.15) is 0 Å². The second kappa shape index (κ2) is 9.71. The van der Waals surface area contributed by atoms with Gasteiger partial charge in [0.2, 0.25) is 15.9 Å². The lowest BCUT2D eigenvalue weighted by Gasteiger charge is -2.16. The summed E-state index contributed by atoms with van der Waals surface area (Å²) in [6.07, 6.45) is 1.63. The molecule has 1 heterocycles. The zero-order chi connectivity index (χ0) is 22.4. The SMILES string of the molecule is NC(=O)CCNC(=O)c1ccccc1NC(=O)c1cccc(S(=O)(=O)N2CCCC2)c1. The predicted octanol–water partition coefficient (Wildman–Crippen LogP) is 1.33. The first-order valence-corrected chi connectivity index (χ1v) is 11.3. The molecule has 4 N–H and O–H groups in total. The van der Waals surface area contributed by atoms with Crippen molar-refractivity contribution >= 4 is 33.4 Å². The van der Waals surface area contributed by atoms with E-state index >= 15 is 0 Å². The highest BCUT2D eigenvalue weighted by molar-refractivity contribution is 7.89. The van der Waals surface area contributed by atoms with Crippen LogP contribution in [0.25, 0.3) is 0 Å². The zero-order valence-corrected chi connectivity index (χ0v) is 17.7. The number of rotatable bonds is 8. The molecule has 0 bridgehead atoms. The summed E-state index contributed by atoms with van der Waals surface area (Å²) in [5.41, 5.74) is 5.69. The van der Waals surface area contributed by atoms with Crippen LogP contribution in [-0.2, 0) is 14.8 Å². The van der Waals surface area contributed by atoms with Gasteiger partial charge in [0.05, 0.1) is 16.1 Å². The molecule has 9 nitrogen and oxygen atoms in total. The molecule has 2 aromatic rings. The highest BCUT2D eigenvalue weighted by Crippen LogP contribution is 2.22. The monoisotopic (exact) mass is 444 g/mol. The van der Waals surface area contributed by atoms with Crippen LogP contribution in [-0.4, -0.2) is 50.1 Å². The second-order valence-corrected chi connectivity index (χ2v) is 9.05. The Morgan fingerprint density at radius 2 is 1.68 bits per heavy atom. The molecular weight excluding hydrogens is 420 g/mol. The van der Waals surface area contributed by atoms with Gasteiger partial charge in [-0.2, -0.15) is 4.31 Å². The van der Waals surface area contributed by atoms with Gasteiger partial charge in [-0.3, -0.25) is 14.4 Å². The minimum atomic E-state index is -3.66. The number of primary amides is 1. The summed E-state index contributed by atoms with van der Waals surface area (Å²) < 4.78 is 26.9. The van der Waals surface area contributed by atoms with E-state index in [2.05, 4.69) is 10.6 Å². The summed E-state index contributed by atoms with van der Waals surface area (Å²) in [6.45, 7) is 1.01. The molecule has 3 amide bonds. The van der Waals surface area contributed by atoms with E-state index in [9.17, 15) is 22.8 Å². The summed E-state index contributed by atoms with van der Waals surface area (Å²) in [7, 11) is -3.66. The molecule has 1 fully saturated rings. The van der Waals surface area contributed by atoms with Crippen molar-refractivity contribution in [3.8, 4) is 0 Å². The number of amides is 3. The van der Waals surface area contributed by atoms with Gasteiger partial charge in [0.15, 0.2) is 0 Å². The highest BCUT2D eigenvalue weighted by Gasteiger charge is 2.27. The van der Waals surface area contributed by atoms with Crippen LogP contribution in [0.3, 0.4) is 0 Å². The summed E-state index contributed by atoms with van der Waals surface area (Å²) in [5.74, 6) is -1.55. The molecule has 0 radical (unpaired) electrons. The largest absolute Gasteiger partial charge is 0.370 e. The number of para-hydroxylation sites is 1. The van der Waals surface area contributed by atoms with Crippen molar-refractivity contribution in [3.05, 3.63) is 59.7 Å². The van der Waals surface area contributed by atoms with Gasteiger partial charge in [-0.1, -0.05) is 18.2 Å². The smallest absolute Gasteiger partial charge is 0.255 e. The highest BCUT2D eigenvalue weighted by atomic mass is 32.2. The maximum Gasteiger partial charge on any atom is 0.255 e. The molecule has 1 aliphatic heterocycles. The molecule has 0 atom stereocenters. The third-order valence-electron chi connectivity index (χ3n) is 4.88. The van der Waals surface area contributed by atoms with Crippen molar-refractivity contribution in [2.75, 3.05) is 25.0 Å². The molecule has 0 unspecified atom stereocenters. The zero-order valence-electron chi connectivity index (χ0n) is 16.8. The molecule has 31 heavy (non-hydrogen) atoms. The fraction of sp³-hybridized carbons (Fsp3) is 0.286. The van der Waals surface area contributed by atoms with Gasteiger partial charge in [-0.25, -0.2) is 8.42 Å². The number of nitrogens with one attached hydrogen (secondary N) is 2. The molecule has 1 aliphatic rings. The summed E-state index contributed by atoms with van der Waals surface area (Å²) >= 11 is 0. The van der Waals surface area contributed by atoms with Crippen LogP contribution in [0.4, 0.5) is 5.69 Å². The Hall–Kier alpha value is -3.24. The van der Waals surface area contributed by atoms with E-state index in [4.69, 9.17) is 5.73 Å². The third-order valence-corrected chi connectivity index (χ3v) is 6.77. The number of carbonyl (C=O) groups excluding carboxylic acids is 3. The van der Waals surface area contributed by atoms with Crippen molar-refractivity contribution in [1.82, 2.24) is 9.62 Å². The number of sulfonamides is 1. The number of carbonyl (C=O) groups is 3. The molecule has 0 saturated carbocycles. The number of hydrogen-bond acceptors (Lipinski definition) is 5.